The first-order valence-electron chi connectivity index (χ1n) is 4.86. The Morgan fingerprint density at radius 1 is 1.60 bits per heavy atom. The second-order valence-electron chi connectivity index (χ2n) is 3.15. The molecular weight excluding hydrogens is 274 g/mol. The van der Waals surface area contributed by atoms with E-state index in [0.717, 1.165) is 19.7 Å². The van der Waals surface area contributed by atoms with Crippen molar-refractivity contribution in [1.29, 1.82) is 0 Å². The maximum atomic E-state index is 4.94. The summed E-state index contributed by atoms with van der Waals surface area (Å²) in [6.07, 6.45) is 4.27. The summed E-state index contributed by atoms with van der Waals surface area (Å²) >= 11 is 5.30. The molecule has 84 valence electrons. The molecule has 0 radical (unpaired) electrons. The van der Waals surface area contributed by atoms with Gasteiger partial charge in [-0.05, 0) is 35.0 Å². The molecule has 0 amide bonds. The van der Waals surface area contributed by atoms with Gasteiger partial charge in [-0.2, -0.15) is 0 Å². The Kier molecular flexibility index (Phi) is 6.17. The molecule has 1 heterocycles. The van der Waals surface area contributed by atoms with Crippen LogP contribution in [0.5, 0.6) is 0 Å². The summed E-state index contributed by atoms with van der Waals surface area (Å²) in [4.78, 5) is 2.61. The summed E-state index contributed by atoms with van der Waals surface area (Å²) in [5, 5.41) is 3.26. The Morgan fingerprint density at radius 2 is 2.40 bits per heavy atom. The highest BCUT2D eigenvalue weighted by Gasteiger charge is 1.98. The van der Waals surface area contributed by atoms with Crippen molar-refractivity contribution in [2.24, 2.45) is 0 Å². The summed E-state index contributed by atoms with van der Waals surface area (Å²) in [6.45, 7) is 4.66. The third kappa shape index (κ3) is 4.93. The van der Waals surface area contributed by atoms with Crippen LogP contribution in [0.1, 0.15) is 9.75 Å². The molecule has 2 nitrogen and oxygen atoms in total. The van der Waals surface area contributed by atoms with Crippen molar-refractivity contribution in [2.45, 2.75) is 6.92 Å². The maximum Gasteiger partial charge on any atom is 0.0587 e. The number of nitrogens with one attached hydrogen (secondary N) is 1. The van der Waals surface area contributed by atoms with Crippen molar-refractivity contribution < 1.29 is 4.74 Å². The van der Waals surface area contributed by atoms with E-state index in [1.54, 1.807) is 18.4 Å². The number of halogens is 1. The van der Waals surface area contributed by atoms with Crippen molar-refractivity contribution in [3.63, 3.8) is 0 Å². The standard InChI is InChI=1S/C11H16BrNOS/c1-9-11(12)8-10(15-9)4-3-5-13-6-7-14-2/h3-4,8,13H,5-7H2,1-2H3/b4-3+. The third-order valence-corrected chi connectivity index (χ3v) is 4.01. The molecule has 0 atom stereocenters. The third-order valence-electron chi connectivity index (χ3n) is 1.90. The van der Waals surface area contributed by atoms with Crippen molar-refractivity contribution in [3.8, 4) is 0 Å². The van der Waals surface area contributed by atoms with Crippen molar-refractivity contribution in [3.05, 3.63) is 26.4 Å². The molecule has 0 aliphatic heterocycles. The molecule has 4 heteroatoms. The molecule has 1 N–H and O–H groups in total. The lowest BCUT2D eigenvalue weighted by Gasteiger charge is -1.98. The van der Waals surface area contributed by atoms with E-state index in [4.69, 9.17) is 4.74 Å². The van der Waals surface area contributed by atoms with Gasteiger partial charge in [0.05, 0.1) is 6.61 Å². The molecule has 0 fully saturated rings. The largest absolute Gasteiger partial charge is 0.383 e. The minimum Gasteiger partial charge on any atom is -0.383 e. The molecule has 0 bridgehead atoms. The highest BCUT2D eigenvalue weighted by atomic mass is 79.9. The second-order valence-corrected chi connectivity index (χ2v) is 5.29. The molecule has 0 spiro atoms. The molecule has 0 aliphatic rings. The zero-order valence-corrected chi connectivity index (χ0v) is 11.5. The van der Waals surface area contributed by atoms with Gasteiger partial charge in [0.1, 0.15) is 0 Å². The molecule has 0 saturated heterocycles. The number of aryl methyl sites for hydroxylation is 1. The van der Waals surface area contributed by atoms with Gasteiger partial charge in [-0.15, -0.1) is 11.3 Å². The summed E-state index contributed by atoms with van der Waals surface area (Å²) < 4.78 is 6.13. The van der Waals surface area contributed by atoms with Gasteiger partial charge in [0.15, 0.2) is 0 Å². The van der Waals surface area contributed by atoms with E-state index in [1.807, 2.05) is 0 Å². The van der Waals surface area contributed by atoms with E-state index in [2.05, 4.69) is 46.4 Å². The van der Waals surface area contributed by atoms with Gasteiger partial charge in [-0.25, -0.2) is 0 Å². The topological polar surface area (TPSA) is 21.3 Å². The SMILES string of the molecule is COCCNC/C=C/c1cc(Br)c(C)s1. The van der Waals surface area contributed by atoms with Gasteiger partial charge in [0, 0.05) is 34.4 Å². The van der Waals surface area contributed by atoms with E-state index >= 15 is 0 Å². The van der Waals surface area contributed by atoms with E-state index < -0.39 is 0 Å². The van der Waals surface area contributed by atoms with Crippen LogP contribution in [0.4, 0.5) is 0 Å². The van der Waals surface area contributed by atoms with Gasteiger partial charge in [0.2, 0.25) is 0 Å². The van der Waals surface area contributed by atoms with Crippen LogP contribution in [-0.2, 0) is 4.74 Å². The van der Waals surface area contributed by atoms with E-state index in [1.165, 1.54) is 14.2 Å². The van der Waals surface area contributed by atoms with E-state index in [9.17, 15) is 0 Å². The van der Waals surface area contributed by atoms with Gasteiger partial charge in [0.25, 0.3) is 0 Å². The molecular formula is C11H16BrNOS. The number of ether oxygens (including phenoxy) is 1. The molecule has 1 rings (SSSR count). The van der Waals surface area contributed by atoms with Crippen LogP contribution in [0, 0.1) is 6.92 Å². The lowest BCUT2D eigenvalue weighted by molar-refractivity contribution is 0.200. The normalized spacial score (nSPS) is 11.4. The molecule has 0 aromatic carbocycles. The second kappa shape index (κ2) is 7.17. The van der Waals surface area contributed by atoms with Gasteiger partial charge in [-0.1, -0.05) is 6.08 Å². The van der Waals surface area contributed by atoms with Crippen LogP contribution in [0.25, 0.3) is 6.08 Å². The minimum absolute atomic E-state index is 0.761. The molecule has 1 aromatic heterocycles. The molecule has 0 aliphatic carbocycles. The van der Waals surface area contributed by atoms with Crippen LogP contribution in [-0.4, -0.2) is 26.8 Å². The molecule has 15 heavy (non-hydrogen) atoms. The molecule has 0 saturated carbocycles. The van der Waals surface area contributed by atoms with Crippen LogP contribution in [0.2, 0.25) is 0 Å². The fraction of sp³-hybridized carbons (Fsp3) is 0.455. The number of rotatable bonds is 6. The van der Waals surface area contributed by atoms with E-state index in [0.29, 0.717) is 0 Å². The average Bonchev–Trinajstić information content (AvgIpc) is 2.52. The summed E-state index contributed by atoms with van der Waals surface area (Å²) in [6, 6.07) is 2.14. The van der Waals surface area contributed by atoms with Crippen molar-refractivity contribution >= 4 is 33.3 Å². The van der Waals surface area contributed by atoms with Crippen LogP contribution in [0.15, 0.2) is 16.6 Å². The van der Waals surface area contributed by atoms with Crippen molar-refractivity contribution in [2.75, 3.05) is 26.8 Å². The number of methoxy groups -OCH3 is 1. The van der Waals surface area contributed by atoms with Crippen LogP contribution >= 0.6 is 27.3 Å². The number of hydrogen-bond donors (Lipinski definition) is 1. The number of hydrogen-bond acceptors (Lipinski definition) is 3. The minimum atomic E-state index is 0.761. The highest BCUT2D eigenvalue weighted by Crippen LogP contribution is 2.26. The van der Waals surface area contributed by atoms with Crippen molar-refractivity contribution in [1.82, 2.24) is 5.32 Å². The highest BCUT2D eigenvalue weighted by molar-refractivity contribution is 9.10. The molecule has 1 aromatic rings. The fourth-order valence-electron chi connectivity index (χ4n) is 1.10. The summed E-state index contributed by atoms with van der Waals surface area (Å²) in [5.74, 6) is 0. The summed E-state index contributed by atoms with van der Waals surface area (Å²) in [7, 11) is 1.71. The predicted molar refractivity (Wildman–Crippen MR) is 70.5 cm³/mol. The Morgan fingerprint density at radius 3 is 3.00 bits per heavy atom. The lowest BCUT2D eigenvalue weighted by atomic mass is 10.4. The Balaban J connectivity index is 2.26. The Hall–Kier alpha value is -0.160. The zero-order chi connectivity index (χ0) is 11.1. The Labute approximate surface area is 103 Å². The van der Waals surface area contributed by atoms with Gasteiger partial charge < -0.3 is 10.1 Å². The van der Waals surface area contributed by atoms with E-state index in [-0.39, 0.29) is 0 Å². The first kappa shape index (κ1) is 12.9. The predicted octanol–water partition coefficient (Wildman–Crippen LogP) is 3.07. The van der Waals surface area contributed by atoms with Gasteiger partial charge in [-0.3, -0.25) is 0 Å². The van der Waals surface area contributed by atoms with Gasteiger partial charge >= 0.3 is 0 Å². The maximum absolute atomic E-state index is 4.94. The number of thiophene rings is 1. The smallest absolute Gasteiger partial charge is 0.0587 e. The summed E-state index contributed by atoms with van der Waals surface area (Å²) in [5.41, 5.74) is 0. The van der Waals surface area contributed by atoms with Crippen LogP contribution in [0.3, 0.4) is 0 Å². The average molecular weight is 290 g/mol. The first-order chi connectivity index (χ1) is 7.24. The Bertz CT molecular complexity index is 303. The quantitative estimate of drug-likeness (QED) is 0.813. The molecule has 0 unspecified atom stereocenters. The fourth-order valence-corrected chi connectivity index (χ4v) is 2.59. The lowest BCUT2D eigenvalue weighted by Crippen LogP contribution is -2.18. The van der Waals surface area contributed by atoms with Crippen LogP contribution < -0.4 is 5.32 Å². The first-order valence-corrected chi connectivity index (χ1v) is 6.47. The monoisotopic (exact) mass is 289 g/mol. The zero-order valence-electron chi connectivity index (χ0n) is 9.05.